The van der Waals surface area contributed by atoms with Gasteiger partial charge in [0.05, 0.1) is 10.2 Å². The third-order valence-electron chi connectivity index (χ3n) is 2.93. The molecule has 102 valence electrons. The van der Waals surface area contributed by atoms with Crippen LogP contribution in [0.2, 0.25) is 5.02 Å². The third kappa shape index (κ3) is 3.08. The van der Waals surface area contributed by atoms with Crippen LogP contribution >= 0.6 is 22.9 Å². The molecule has 0 aliphatic heterocycles. The molecule has 0 spiro atoms. The van der Waals surface area contributed by atoms with E-state index in [4.69, 9.17) is 11.6 Å². The second kappa shape index (κ2) is 5.77. The Morgan fingerprint density at radius 3 is 2.95 bits per heavy atom. The molecule has 1 heterocycles. The Hall–Kier alpha value is -1.65. The molecule has 0 atom stereocenters. The van der Waals surface area contributed by atoms with Gasteiger partial charge in [-0.2, -0.15) is 0 Å². The Labute approximate surface area is 125 Å². The van der Waals surface area contributed by atoms with Gasteiger partial charge in [-0.1, -0.05) is 35.1 Å². The van der Waals surface area contributed by atoms with Crippen molar-refractivity contribution in [3.8, 4) is 0 Å². The van der Waals surface area contributed by atoms with Gasteiger partial charge in [0, 0.05) is 11.6 Å². The van der Waals surface area contributed by atoms with Crippen molar-refractivity contribution in [2.45, 2.75) is 6.42 Å². The van der Waals surface area contributed by atoms with Gasteiger partial charge < -0.3 is 5.32 Å². The minimum Gasteiger partial charge on any atom is -0.361 e. The van der Waals surface area contributed by atoms with Gasteiger partial charge in [-0.15, -0.1) is 0 Å². The number of fused-ring (bicyclic) bond motifs is 1. The van der Waals surface area contributed by atoms with E-state index in [0.29, 0.717) is 5.02 Å². The van der Waals surface area contributed by atoms with E-state index in [0.717, 1.165) is 33.9 Å². The quantitative estimate of drug-likeness (QED) is 0.753. The molecule has 3 rings (SSSR count). The number of anilines is 1. The molecule has 20 heavy (non-hydrogen) atoms. The molecular weight excluding hydrogens is 295 g/mol. The van der Waals surface area contributed by atoms with Crippen LogP contribution in [0.25, 0.3) is 10.2 Å². The molecule has 0 saturated heterocycles. The fourth-order valence-corrected chi connectivity index (χ4v) is 3.02. The van der Waals surface area contributed by atoms with E-state index in [1.807, 2.05) is 24.3 Å². The van der Waals surface area contributed by atoms with Gasteiger partial charge in [0.1, 0.15) is 5.82 Å². The first-order valence-corrected chi connectivity index (χ1v) is 7.44. The predicted molar refractivity (Wildman–Crippen MR) is 83.2 cm³/mol. The van der Waals surface area contributed by atoms with Gasteiger partial charge in [0.2, 0.25) is 0 Å². The standard InChI is InChI=1S/C15H12ClFN2S/c16-11-4-5-14-13(9-11)19-15(20-14)18-7-6-10-2-1-3-12(17)8-10/h1-5,8-9H,6-7H2,(H,18,19). The van der Waals surface area contributed by atoms with Crippen LogP contribution in [-0.4, -0.2) is 11.5 Å². The van der Waals surface area contributed by atoms with E-state index in [1.165, 1.54) is 6.07 Å². The van der Waals surface area contributed by atoms with Crippen molar-refractivity contribution < 1.29 is 4.39 Å². The predicted octanol–water partition coefficient (Wildman–Crippen LogP) is 4.74. The molecule has 0 amide bonds. The maximum absolute atomic E-state index is 13.1. The van der Waals surface area contributed by atoms with E-state index >= 15 is 0 Å². The molecular formula is C15H12ClFN2S. The highest BCUT2D eigenvalue weighted by molar-refractivity contribution is 7.22. The molecule has 3 aromatic rings. The van der Waals surface area contributed by atoms with Gasteiger partial charge in [-0.25, -0.2) is 9.37 Å². The van der Waals surface area contributed by atoms with Gasteiger partial charge in [0.25, 0.3) is 0 Å². The molecule has 0 unspecified atom stereocenters. The first-order chi connectivity index (χ1) is 9.70. The lowest BCUT2D eigenvalue weighted by Crippen LogP contribution is -2.04. The molecule has 1 aromatic heterocycles. The highest BCUT2D eigenvalue weighted by Gasteiger charge is 2.04. The number of rotatable bonds is 4. The van der Waals surface area contributed by atoms with E-state index < -0.39 is 0 Å². The molecule has 5 heteroatoms. The van der Waals surface area contributed by atoms with Crippen LogP contribution in [0.1, 0.15) is 5.56 Å². The molecule has 0 saturated carbocycles. The van der Waals surface area contributed by atoms with Gasteiger partial charge in [0.15, 0.2) is 5.13 Å². The molecule has 0 radical (unpaired) electrons. The highest BCUT2D eigenvalue weighted by atomic mass is 35.5. The van der Waals surface area contributed by atoms with E-state index in [-0.39, 0.29) is 5.82 Å². The van der Waals surface area contributed by atoms with Crippen LogP contribution in [0.5, 0.6) is 0 Å². The first kappa shape index (κ1) is 13.3. The Balaban J connectivity index is 1.65. The van der Waals surface area contributed by atoms with Crippen molar-refractivity contribution in [1.82, 2.24) is 4.98 Å². The Morgan fingerprint density at radius 1 is 1.20 bits per heavy atom. The molecule has 0 aliphatic carbocycles. The van der Waals surface area contributed by atoms with Crippen molar-refractivity contribution in [3.05, 3.63) is 58.9 Å². The first-order valence-electron chi connectivity index (χ1n) is 6.25. The zero-order chi connectivity index (χ0) is 13.9. The summed E-state index contributed by atoms with van der Waals surface area (Å²) in [6.07, 6.45) is 0.758. The number of thiazole rings is 1. The number of benzene rings is 2. The molecule has 0 bridgehead atoms. The summed E-state index contributed by atoms with van der Waals surface area (Å²) in [6, 6.07) is 12.3. The Kier molecular flexibility index (Phi) is 3.85. The number of halogens is 2. The van der Waals surface area contributed by atoms with Crippen LogP contribution in [-0.2, 0) is 6.42 Å². The average Bonchev–Trinajstić information content (AvgIpc) is 2.80. The lowest BCUT2D eigenvalue weighted by Gasteiger charge is -2.02. The third-order valence-corrected chi connectivity index (χ3v) is 4.16. The summed E-state index contributed by atoms with van der Waals surface area (Å²) in [5, 5.41) is 4.81. The number of aromatic nitrogens is 1. The monoisotopic (exact) mass is 306 g/mol. The maximum Gasteiger partial charge on any atom is 0.183 e. The number of nitrogens with one attached hydrogen (secondary N) is 1. The summed E-state index contributed by atoms with van der Waals surface area (Å²) in [6.45, 7) is 0.719. The van der Waals surface area contributed by atoms with Crippen molar-refractivity contribution in [2.24, 2.45) is 0 Å². The van der Waals surface area contributed by atoms with Gasteiger partial charge in [-0.3, -0.25) is 0 Å². The summed E-state index contributed by atoms with van der Waals surface area (Å²) < 4.78 is 14.2. The summed E-state index contributed by atoms with van der Waals surface area (Å²) in [4.78, 5) is 4.47. The topological polar surface area (TPSA) is 24.9 Å². The summed E-state index contributed by atoms with van der Waals surface area (Å²) in [5.74, 6) is -0.197. The highest BCUT2D eigenvalue weighted by Crippen LogP contribution is 2.27. The maximum atomic E-state index is 13.1. The molecule has 2 aromatic carbocycles. The normalized spacial score (nSPS) is 10.9. The van der Waals surface area contributed by atoms with E-state index in [9.17, 15) is 4.39 Å². The zero-order valence-corrected chi connectivity index (χ0v) is 12.1. The second-order valence-corrected chi connectivity index (χ2v) is 5.90. The molecule has 0 fully saturated rings. The fraction of sp³-hybridized carbons (Fsp3) is 0.133. The minimum absolute atomic E-state index is 0.197. The van der Waals surface area contributed by atoms with Gasteiger partial charge >= 0.3 is 0 Å². The molecule has 2 nitrogen and oxygen atoms in total. The average molecular weight is 307 g/mol. The SMILES string of the molecule is Fc1cccc(CCNc2nc3cc(Cl)ccc3s2)c1. The minimum atomic E-state index is -0.197. The van der Waals surface area contributed by atoms with Crippen LogP contribution in [0, 0.1) is 5.82 Å². The van der Waals surface area contributed by atoms with E-state index in [2.05, 4.69) is 10.3 Å². The van der Waals surface area contributed by atoms with Crippen LogP contribution in [0.15, 0.2) is 42.5 Å². The largest absolute Gasteiger partial charge is 0.361 e. The summed E-state index contributed by atoms with van der Waals surface area (Å²) in [7, 11) is 0. The van der Waals surface area contributed by atoms with Crippen molar-refractivity contribution in [2.75, 3.05) is 11.9 Å². The van der Waals surface area contributed by atoms with Crippen LogP contribution in [0.3, 0.4) is 0 Å². The Bertz CT molecular complexity index is 742. The smallest absolute Gasteiger partial charge is 0.183 e. The van der Waals surface area contributed by atoms with Crippen molar-refractivity contribution in [1.29, 1.82) is 0 Å². The lowest BCUT2D eigenvalue weighted by atomic mass is 10.1. The Morgan fingerprint density at radius 2 is 2.10 bits per heavy atom. The summed E-state index contributed by atoms with van der Waals surface area (Å²) >= 11 is 7.53. The number of hydrogen-bond donors (Lipinski definition) is 1. The zero-order valence-electron chi connectivity index (χ0n) is 10.6. The van der Waals surface area contributed by atoms with Crippen LogP contribution < -0.4 is 5.32 Å². The lowest BCUT2D eigenvalue weighted by molar-refractivity contribution is 0.625. The fourth-order valence-electron chi connectivity index (χ4n) is 1.98. The summed E-state index contributed by atoms with van der Waals surface area (Å²) in [5.41, 5.74) is 1.87. The van der Waals surface area contributed by atoms with Gasteiger partial charge in [-0.05, 0) is 42.3 Å². The molecule has 1 N–H and O–H groups in total. The second-order valence-electron chi connectivity index (χ2n) is 4.44. The van der Waals surface area contributed by atoms with Crippen LogP contribution in [0.4, 0.5) is 9.52 Å². The van der Waals surface area contributed by atoms with Crippen molar-refractivity contribution in [3.63, 3.8) is 0 Å². The molecule has 0 aliphatic rings. The van der Waals surface area contributed by atoms with E-state index in [1.54, 1.807) is 23.5 Å². The number of nitrogens with zero attached hydrogens (tertiary/aromatic N) is 1. The van der Waals surface area contributed by atoms with Crippen molar-refractivity contribution >= 4 is 38.3 Å². The number of hydrogen-bond acceptors (Lipinski definition) is 3.